The van der Waals surface area contributed by atoms with Crippen molar-refractivity contribution in [1.82, 2.24) is 15.0 Å². The van der Waals surface area contributed by atoms with Crippen LogP contribution in [-0.2, 0) is 25.6 Å². The third-order valence-corrected chi connectivity index (χ3v) is 7.68. The van der Waals surface area contributed by atoms with Crippen molar-refractivity contribution in [3.05, 3.63) is 63.7 Å². The third kappa shape index (κ3) is 4.49. The van der Waals surface area contributed by atoms with Gasteiger partial charge in [0.25, 0.3) is 11.8 Å². The number of amides is 4. The van der Waals surface area contributed by atoms with Crippen molar-refractivity contribution in [3.8, 4) is 0 Å². The lowest BCUT2D eigenvalue weighted by molar-refractivity contribution is -0.154. The van der Waals surface area contributed by atoms with Gasteiger partial charge in [-0.15, -0.1) is 0 Å². The maximum atomic E-state index is 15.1. The number of hydrogen-bond donors (Lipinski definition) is 1. The van der Waals surface area contributed by atoms with Gasteiger partial charge in [-0.2, -0.15) is 8.78 Å². The summed E-state index contributed by atoms with van der Waals surface area (Å²) in [5.74, 6) is -7.11. The Bertz CT molecular complexity index is 1330. The molecule has 1 saturated heterocycles. The van der Waals surface area contributed by atoms with Crippen LogP contribution in [0, 0.1) is 0 Å². The number of carbonyl (C=O) groups is 4. The number of nitrogens with one attached hydrogen (secondary N) is 1. The van der Waals surface area contributed by atoms with E-state index in [1.807, 2.05) is 0 Å². The molecule has 2 atom stereocenters. The summed E-state index contributed by atoms with van der Waals surface area (Å²) >= 11 is 5.80. The molecule has 0 saturated carbocycles. The number of nitrogens with zero attached hydrogens (tertiary/aromatic N) is 2. The van der Waals surface area contributed by atoms with E-state index in [0.717, 1.165) is 16.9 Å². The summed E-state index contributed by atoms with van der Waals surface area (Å²) in [4.78, 5) is 53.1. The molecule has 186 valence electrons. The first kappa shape index (κ1) is 27.0. The Balaban J connectivity index is 1.66. The van der Waals surface area contributed by atoms with E-state index in [0.29, 0.717) is 22.2 Å². The van der Waals surface area contributed by atoms with Crippen LogP contribution in [0.15, 0.2) is 36.4 Å². The first-order valence-corrected chi connectivity index (χ1v) is 12.3. The number of rotatable bonds is 5. The fourth-order valence-corrected chi connectivity index (χ4v) is 5.32. The van der Waals surface area contributed by atoms with Crippen LogP contribution in [0.25, 0.3) is 0 Å². The molecule has 2 heterocycles. The van der Waals surface area contributed by atoms with Gasteiger partial charge in [-0.25, -0.2) is 0 Å². The van der Waals surface area contributed by atoms with Gasteiger partial charge in [0.05, 0.1) is 0 Å². The Morgan fingerprint density at radius 3 is 2.41 bits per heavy atom. The Labute approximate surface area is 222 Å². The van der Waals surface area contributed by atoms with Crippen molar-refractivity contribution >= 4 is 80.1 Å². The maximum absolute atomic E-state index is 15.1. The average molecular weight is 521 g/mol. The highest BCUT2D eigenvalue weighted by Gasteiger charge is 2.50. The molecule has 37 heavy (non-hydrogen) atoms. The van der Waals surface area contributed by atoms with E-state index in [9.17, 15) is 19.2 Å². The summed E-state index contributed by atoms with van der Waals surface area (Å²) in [6, 6.07) is 7.48. The number of benzene rings is 2. The second kappa shape index (κ2) is 9.38. The van der Waals surface area contributed by atoms with Crippen LogP contribution in [0.1, 0.15) is 45.8 Å². The maximum Gasteiger partial charge on any atom is 0.348 e. The molecule has 1 fully saturated rings. The molecule has 0 aliphatic carbocycles. The molecule has 2 unspecified atom stereocenters. The fourth-order valence-electron chi connectivity index (χ4n) is 5.19. The van der Waals surface area contributed by atoms with Crippen LogP contribution < -0.4 is 10.8 Å². The highest BCUT2D eigenvalue weighted by atomic mass is 35.5. The molecular formula is C22H23B5ClF2N3O4. The number of alkyl halides is 2. The van der Waals surface area contributed by atoms with E-state index in [4.69, 9.17) is 11.6 Å². The summed E-state index contributed by atoms with van der Waals surface area (Å²) in [7, 11) is 8.29. The van der Waals surface area contributed by atoms with E-state index in [1.165, 1.54) is 25.0 Å². The molecule has 0 radical (unpaired) electrons. The lowest BCUT2D eigenvalue weighted by Crippen LogP contribution is -2.59. The van der Waals surface area contributed by atoms with E-state index < -0.39 is 40.6 Å². The molecule has 2 aliphatic heterocycles. The normalized spacial score (nSPS) is 19.8. The van der Waals surface area contributed by atoms with Gasteiger partial charge >= 0.3 is 5.92 Å². The van der Waals surface area contributed by atoms with Crippen LogP contribution in [0.2, 0.25) is 5.02 Å². The van der Waals surface area contributed by atoms with Crippen LogP contribution in [0.4, 0.5) is 8.78 Å². The minimum Gasteiger partial charge on any atom is -0.389 e. The first-order valence-electron chi connectivity index (χ1n) is 11.9. The second-order valence-electron chi connectivity index (χ2n) is 10.1. The van der Waals surface area contributed by atoms with E-state index in [1.54, 1.807) is 43.5 Å². The van der Waals surface area contributed by atoms with Crippen molar-refractivity contribution < 1.29 is 28.0 Å². The molecular weight excluding hydrogens is 498 g/mol. The van der Waals surface area contributed by atoms with Gasteiger partial charge in [-0.3, -0.25) is 24.5 Å². The third-order valence-electron chi connectivity index (χ3n) is 7.43. The quantitative estimate of drug-likeness (QED) is 0.337. The lowest BCUT2D eigenvalue weighted by Gasteiger charge is -2.40. The predicted molar refractivity (Wildman–Crippen MR) is 148 cm³/mol. The topological polar surface area (TPSA) is 86.8 Å². The van der Waals surface area contributed by atoms with Gasteiger partial charge in [0.15, 0.2) is 0 Å². The highest BCUT2D eigenvalue weighted by Crippen LogP contribution is 2.39. The number of halogens is 3. The zero-order chi connectivity index (χ0) is 27.4. The van der Waals surface area contributed by atoms with E-state index >= 15 is 8.78 Å². The van der Waals surface area contributed by atoms with Crippen molar-refractivity contribution in [2.24, 2.45) is 0 Å². The minimum atomic E-state index is -3.77. The molecule has 4 rings (SSSR count). The monoisotopic (exact) mass is 521 g/mol. The van der Waals surface area contributed by atoms with Crippen LogP contribution >= 0.6 is 11.6 Å². The number of hydrogen-bond acceptors (Lipinski definition) is 4. The molecule has 7 nitrogen and oxygen atoms in total. The summed E-state index contributed by atoms with van der Waals surface area (Å²) in [6.07, 6.45) is 0.343. The predicted octanol–water partition coefficient (Wildman–Crippen LogP) is -2.96. The highest BCUT2D eigenvalue weighted by molar-refractivity contribution is 6.45. The number of piperidine rings is 1. The van der Waals surface area contributed by atoms with E-state index in [-0.39, 0.29) is 29.7 Å². The minimum absolute atomic E-state index is 0.128. The zero-order valence-electron chi connectivity index (χ0n) is 21.2. The van der Waals surface area contributed by atoms with Gasteiger partial charge in [-0.05, 0) is 29.7 Å². The summed E-state index contributed by atoms with van der Waals surface area (Å²) in [5, 5.41) is 1.67. The number of imide groups is 1. The largest absolute Gasteiger partial charge is 0.389 e. The van der Waals surface area contributed by atoms with Crippen molar-refractivity contribution in [1.29, 1.82) is 0 Å². The van der Waals surface area contributed by atoms with Crippen molar-refractivity contribution in [2.75, 3.05) is 0 Å². The molecule has 1 N–H and O–H groups in total. The molecule has 0 aromatic heterocycles. The Morgan fingerprint density at radius 1 is 1.19 bits per heavy atom. The molecule has 0 spiro atoms. The smallest absolute Gasteiger partial charge is 0.348 e. The van der Waals surface area contributed by atoms with Gasteiger partial charge in [0.2, 0.25) is 19.8 Å². The number of carbonyl (C=O) groups excluding carboxylic acids is 4. The molecule has 15 heteroatoms. The van der Waals surface area contributed by atoms with E-state index in [2.05, 4.69) is 5.32 Å². The fraction of sp³-hybridized carbons (Fsp3) is 0.273. The van der Waals surface area contributed by atoms with Crippen LogP contribution in [-0.4, -0.2) is 78.7 Å². The second-order valence-corrected chi connectivity index (χ2v) is 10.6. The standard InChI is InChI=1S/C22H23B5ClF2N3O4/c23-13-8-9(17(24)33(27)20(37)21(29,30)10-1-3-11(28)4-2-10)7-12-16(13)19(36)32(22(12,25)26)14-5-6-15(34)31-18(14)35/h1-4,7-8,14,17H,5-6,23-27H2,(H,31,34,35). The van der Waals surface area contributed by atoms with Gasteiger partial charge in [-0.1, -0.05) is 41.3 Å². The van der Waals surface area contributed by atoms with Crippen LogP contribution in [0.3, 0.4) is 0 Å². The van der Waals surface area contributed by atoms with Crippen molar-refractivity contribution in [2.45, 2.75) is 36.1 Å². The Morgan fingerprint density at radius 2 is 1.81 bits per heavy atom. The van der Waals surface area contributed by atoms with Gasteiger partial charge in [0, 0.05) is 33.8 Å². The zero-order valence-corrected chi connectivity index (χ0v) is 22.0. The number of fused-ring (bicyclic) bond motifs is 1. The SMILES string of the molecule is Bc1cc(C(B)N(B)C(=O)C(F)(F)c2ccc(Cl)cc2)cc2c1C(=O)N(C1CCC(=O)NC1=O)C2(B)B. The van der Waals surface area contributed by atoms with Crippen LogP contribution in [0.5, 0.6) is 0 Å². The first-order chi connectivity index (χ1) is 17.2. The summed E-state index contributed by atoms with van der Waals surface area (Å²) in [5.41, 5.74) is 1.79. The Kier molecular flexibility index (Phi) is 6.86. The Hall–Kier alpha value is -3.01. The summed E-state index contributed by atoms with van der Waals surface area (Å²) in [6.45, 7) is 0. The lowest BCUT2D eigenvalue weighted by atomic mass is 9.56. The molecule has 2 aromatic rings. The average Bonchev–Trinajstić information content (AvgIpc) is 3.03. The van der Waals surface area contributed by atoms with Crippen molar-refractivity contribution in [3.63, 3.8) is 0 Å². The van der Waals surface area contributed by atoms with Gasteiger partial charge < -0.3 is 9.71 Å². The van der Waals surface area contributed by atoms with Gasteiger partial charge in [0.1, 0.15) is 37.4 Å². The molecule has 2 aliphatic rings. The summed E-state index contributed by atoms with van der Waals surface area (Å²) < 4.78 is 30.1. The molecule has 4 amide bonds. The molecule has 2 aromatic carbocycles. The molecule has 0 bridgehead atoms.